The third kappa shape index (κ3) is 4.92. The van der Waals surface area contributed by atoms with E-state index >= 15 is 0 Å². The molecule has 4 N–H and O–H groups in total. The summed E-state index contributed by atoms with van der Waals surface area (Å²) in [5.41, 5.74) is 8.83. The van der Waals surface area contributed by atoms with E-state index in [0.29, 0.717) is 24.3 Å². The molecule has 158 valence electrons. The van der Waals surface area contributed by atoms with Crippen LogP contribution in [0.15, 0.2) is 84.9 Å². The Hall–Kier alpha value is -3.64. The van der Waals surface area contributed by atoms with Gasteiger partial charge in [-0.05, 0) is 18.2 Å². The van der Waals surface area contributed by atoms with Gasteiger partial charge in [0.15, 0.2) is 0 Å². The normalized spacial score (nSPS) is 14.4. The highest BCUT2D eigenvalue weighted by atomic mass is 16.2. The van der Waals surface area contributed by atoms with Crippen LogP contribution in [0.2, 0.25) is 0 Å². The predicted molar refractivity (Wildman–Crippen MR) is 121 cm³/mol. The highest BCUT2D eigenvalue weighted by Gasteiger charge is 2.31. The van der Waals surface area contributed by atoms with Gasteiger partial charge in [-0.1, -0.05) is 66.7 Å². The van der Waals surface area contributed by atoms with Crippen LogP contribution in [0.3, 0.4) is 0 Å². The van der Waals surface area contributed by atoms with Crippen molar-refractivity contribution in [2.24, 2.45) is 5.73 Å². The average Bonchev–Trinajstić information content (AvgIpc) is 2.80. The largest absolute Gasteiger partial charge is 0.351 e. The smallest absolute Gasteiger partial charge is 0.316 e. The number of nitrogens with zero attached hydrogens (tertiary/aromatic N) is 1. The van der Waals surface area contributed by atoms with Crippen LogP contribution in [0.5, 0.6) is 0 Å². The molecular formula is C25H27N4O2+. The summed E-state index contributed by atoms with van der Waals surface area (Å²) in [6.07, 6.45) is 0. The molecule has 6 nitrogen and oxygen atoms in total. The van der Waals surface area contributed by atoms with E-state index in [9.17, 15) is 9.59 Å². The van der Waals surface area contributed by atoms with Crippen molar-refractivity contribution in [1.29, 1.82) is 0 Å². The van der Waals surface area contributed by atoms with Gasteiger partial charge in [-0.2, -0.15) is 0 Å². The number of carbonyl (C=O) groups is 2. The fourth-order valence-corrected chi connectivity index (χ4v) is 4.30. The van der Waals surface area contributed by atoms with Gasteiger partial charge in [0, 0.05) is 22.4 Å². The maximum absolute atomic E-state index is 13.0. The summed E-state index contributed by atoms with van der Waals surface area (Å²) < 4.78 is 0. The van der Waals surface area contributed by atoms with Gasteiger partial charge in [0.2, 0.25) is 0 Å². The van der Waals surface area contributed by atoms with E-state index in [1.165, 1.54) is 16.0 Å². The van der Waals surface area contributed by atoms with Crippen LogP contribution in [0.4, 0.5) is 10.5 Å². The van der Waals surface area contributed by atoms with Crippen LogP contribution in [0.25, 0.3) is 0 Å². The number of hydrogen-bond donors (Lipinski definition) is 3. The van der Waals surface area contributed by atoms with Gasteiger partial charge in [0.25, 0.3) is 5.91 Å². The van der Waals surface area contributed by atoms with Crippen molar-refractivity contribution < 1.29 is 14.5 Å². The molecule has 3 aromatic carbocycles. The maximum Gasteiger partial charge on any atom is 0.316 e. The highest BCUT2D eigenvalue weighted by molar-refractivity contribution is 5.96. The standard InChI is InChI=1S/C25H26N4O2/c26-25(31)27-22-13-7-12-21(18-22)24(30)29-16-14-28(15-17-29)23(19-8-3-1-4-9-19)20-10-5-2-6-11-20/h1-13,18,23H,14-17H2,(H3,26,27,31)/p+1. The summed E-state index contributed by atoms with van der Waals surface area (Å²) in [7, 11) is 0. The number of urea groups is 1. The fraction of sp³-hybridized carbons (Fsp3) is 0.200. The lowest BCUT2D eigenvalue weighted by molar-refractivity contribution is -0.929. The molecule has 0 bridgehead atoms. The Bertz CT molecular complexity index is 992. The second-order valence-corrected chi connectivity index (χ2v) is 7.77. The number of nitrogens with one attached hydrogen (secondary N) is 2. The second-order valence-electron chi connectivity index (χ2n) is 7.77. The van der Waals surface area contributed by atoms with Crippen molar-refractivity contribution in [2.45, 2.75) is 6.04 Å². The molecular weight excluding hydrogens is 388 g/mol. The fourth-order valence-electron chi connectivity index (χ4n) is 4.30. The molecule has 0 aliphatic carbocycles. The van der Waals surface area contributed by atoms with E-state index in [0.717, 1.165) is 13.1 Å². The molecule has 6 heteroatoms. The van der Waals surface area contributed by atoms with E-state index in [-0.39, 0.29) is 11.9 Å². The van der Waals surface area contributed by atoms with E-state index in [4.69, 9.17) is 5.73 Å². The van der Waals surface area contributed by atoms with Gasteiger partial charge >= 0.3 is 6.03 Å². The first kappa shape index (κ1) is 20.6. The molecule has 0 radical (unpaired) electrons. The van der Waals surface area contributed by atoms with Crippen molar-refractivity contribution in [2.75, 3.05) is 31.5 Å². The predicted octanol–water partition coefficient (Wildman–Crippen LogP) is 2.31. The van der Waals surface area contributed by atoms with Gasteiger partial charge in [0.1, 0.15) is 6.04 Å². The Balaban J connectivity index is 1.48. The number of primary amides is 1. The number of rotatable bonds is 5. The quantitative estimate of drug-likeness (QED) is 0.598. The maximum atomic E-state index is 13.0. The monoisotopic (exact) mass is 415 g/mol. The molecule has 31 heavy (non-hydrogen) atoms. The molecule has 0 atom stereocenters. The molecule has 1 fully saturated rings. The zero-order chi connectivity index (χ0) is 21.6. The number of quaternary nitrogens is 1. The first-order valence-corrected chi connectivity index (χ1v) is 10.5. The number of hydrogen-bond acceptors (Lipinski definition) is 2. The van der Waals surface area contributed by atoms with Crippen molar-refractivity contribution in [3.05, 3.63) is 102 Å². The first-order valence-electron chi connectivity index (χ1n) is 10.5. The molecule has 0 spiro atoms. The molecule has 4 rings (SSSR count). The van der Waals surface area contributed by atoms with Crippen LogP contribution in [0.1, 0.15) is 27.5 Å². The zero-order valence-corrected chi connectivity index (χ0v) is 17.3. The minimum absolute atomic E-state index is 0.0249. The minimum Gasteiger partial charge on any atom is -0.351 e. The van der Waals surface area contributed by atoms with Crippen LogP contribution >= 0.6 is 0 Å². The zero-order valence-electron chi connectivity index (χ0n) is 17.3. The second kappa shape index (κ2) is 9.45. The lowest BCUT2D eigenvalue weighted by atomic mass is 9.96. The lowest BCUT2D eigenvalue weighted by Crippen LogP contribution is -3.15. The molecule has 0 unspecified atom stereocenters. The van der Waals surface area contributed by atoms with Gasteiger partial charge < -0.3 is 20.9 Å². The average molecular weight is 416 g/mol. The summed E-state index contributed by atoms with van der Waals surface area (Å²) >= 11 is 0. The summed E-state index contributed by atoms with van der Waals surface area (Å²) in [5.74, 6) is -0.0249. The van der Waals surface area contributed by atoms with Gasteiger partial charge in [-0.3, -0.25) is 4.79 Å². The highest BCUT2D eigenvalue weighted by Crippen LogP contribution is 2.20. The molecule has 1 heterocycles. The van der Waals surface area contributed by atoms with Crippen molar-refractivity contribution in [3.63, 3.8) is 0 Å². The van der Waals surface area contributed by atoms with Crippen LogP contribution < -0.4 is 16.0 Å². The van der Waals surface area contributed by atoms with Crippen LogP contribution in [-0.4, -0.2) is 43.0 Å². The minimum atomic E-state index is -0.644. The van der Waals surface area contributed by atoms with Crippen molar-refractivity contribution in [1.82, 2.24) is 4.90 Å². The Morgan fingerprint density at radius 1 is 0.839 bits per heavy atom. The molecule has 1 saturated heterocycles. The number of nitrogens with two attached hydrogens (primary N) is 1. The van der Waals surface area contributed by atoms with E-state index in [1.807, 2.05) is 17.0 Å². The van der Waals surface area contributed by atoms with Gasteiger partial charge in [0.05, 0.1) is 26.2 Å². The molecule has 1 aliphatic heterocycles. The van der Waals surface area contributed by atoms with E-state index in [1.54, 1.807) is 24.3 Å². The number of anilines is 1. The third-order valence-corrected chi connectivity index (χ3v) is 5.74. The summed E-state index contributed by atoms with van der Waals surface area (Å²) in [5, 5.41) is 2.53. The SMILES string of the molecule is NC(=O)Nc1cccc(C(=O)N2CC[NH+](C(c3ccccc3)c3ccccc3)CC2)c1. The Morgan fingerprint density at radius 2 is 1.42 bits per heavy atom. The van der Waals surface area contributed by atoms with E-state index in [2.05, 4.69) is 53.8 Å². The molecule has 0 saturated carbocycles. The van der Waals surface area contributed by atoms with E-state index < -0.39 is 6.03 Å². The van der Waals surface area contributed by atoms with Crippen molar-refractivity contribution in [3.8, 4) is 0 Å². The van der Waals surface area contributed by atoms with Crippen molar-refractivity contribution >= 4 is 17.6 Å². The Labute approximate surface area is 182 Å². The number of carbonyl (C=O) groups excluding carboxylic acids is 2. The molecule has 3 amide bonds. The lowest BCUT2D eigenvalue weighted by Gasteiger charge is -2.37. The van der Waals surface area contributed by atoms with Crippen LogP contribution in [0, 0.1) is 0 Å². The summed E-state index contributed by atoms with van der Waals surface area (Å²) in [6, 6.07) is 27.6. The summed E-state index contributed by atoms with van der Waals surface area (Å²) in [4.78, 5) is 27.5. The van der Waals surface area contributed by atoms with Crippen LogP contribution in [-0.2, 0) is 0 Å². The summed E-state index contributed by atoms with van der Waals surface area (Å²) in [6.45, 7) is 3.08. The van der Waals surface area contributed by atoms with Gasteiger partial charge in [-0.25, -0.2) is 4.79 Å². The first-order chi connectivity index (χ1) is 15.1. The third-order valence-electron chi connectivity index (χ3n) is 5.74. The van der Waals surface area contributed by atoms with Gasteiger partial charge in [-0.15, -0.1) is 0 Å². The molecule has 1 aliphatic rings. The molecule has 0 aromatic heterocycles. The Morgan fingerprint density at radius 3 is 1.97 bits per heavy atom. The Kier molecular flexibility index (Phi) is 6.29. The number of benzene rings is 3. The number of amides is 3. The molecule has 3 aromatic rings. The number of piperazine rings is 1. The topological polar surface area (TPSA) is 79.9 Å².